The summed E-state index contributed by atoms with van der Waals surface area (Å²) in [5.74, 6) is -0.746. The molecule has 0 heterocycles. The minimum Gasteiger partial charge on any atom is -0.383 e. The summed E-state index contributed by atoms with van der Waals surface area (Å²) in [6.45, 7) is 2.49. The van der Waals surface area contributed by atoms with Gasteiger partial charge in [0.2, 0.25) is 0 Å². The predicted molar refractivity (Wildman–Crippen MR) is 76.4 cm³/mol. The number of aryl methyl sites for hydroxylation is 1. The van der Waals surface area contributed by atoms with Gasteiger partial charge in [-0.1, -0.05) is 6.42 Å². The Balaban J connectivity index is 2.17. The summed E-state index contributed by atoms with van der Waals surface area (Å²) in [6.07, 6.45) is 3.47. The van der Waals surface area contributed by atoms with E-state index in [1.54, 1.807) is 7.11 Å². The Morgan fingerprint density at radius 3 is 2.63 bits per heavy atom. The Bertz CT molecular complexity index is 388. The molecule has 2 nitrogen and oxygen atoms in total. The number of hydrogen-bond donors (Lipinski definition) is 1. The van der Waals surface area contributed by atoms with Gasteiger partial charge in [0.25, 0.3) is 0 Å². The molecule has 19 heavy (non-hydrogen) atoms. The maximum atomic E-state index is 13.5. The normalized spacial score (nSPS) is 10.9. The number of ether oxygens (including phenoxy) is 1. The van der Waals surface area contributed by atoms with Crippen molar-refractivity contribution in [3.63, 3.8) is 0 Å². The summed E-state index contributed by atoms with van der Waals surface area (Å²) >= 11 is 2.97. The van der Waals surface area contributed by atoms with Crippen LogP contribution in [-0.4, -0.2) is 26.8 Å². The lowest BCUT2D eigenvalue weighted by Gasteiger charge is -2.06. The first-order valence-electron chi connectivity index (χ1n) is 6.48. The molecule has 1 N–H and O–H groups in total. The molecular weight excluding hydrogens is 316 g/mol. The van der Waals surface area contributed by atoms with Crippen LogP contribution < -0.4 is 5.32 Å². The Labute approximate surface area is 121 Å². The molecule has 1 rings (SSSR count). The summed E-state index contributed by atoms with van der Waals surface area (Å²) in [4.78, 5) is 0. The monoisotopic (exact) mass is 335 g/mol. The molecule has 0 atom stereocenters. The van der Waals surface area contributed by atoms with Crippen molar-refractivity contribution in [2.24, 2.45) is 0 Å². The zero-order valence-electron chi connectivity index (χ0n) is 11.1. The number of methoxy groups -OCH3 is 1. The van der Waals surface area contributed by atoms with Crippen molar-refractivity contribution in [3.05, 3.63) is 33.8 Å². The van der Waals surface area contributed by atoms with Gasteiger partial charge in [-0.2, -0.15) is 0 Å². The molecule has 0 aliphatic rings. The first-order valence-corrected chi connectivity index (χ1v) is 7.27. The fraction of sp³-hybridized carbons (Fsp3) is 0.571. The van der Waals surface area contributed by atoms with Crippen LogP contribution in [-0.2, 0) is 11.2 Å². The molecule has 0 saturated heterocycles. The molecule has 0 aliphatic heterocycles. The second kappa shape index (κ2) is 9.39. The summed E-state index contributed by atoms with van der Waals surface area (Å²) in [6, 6.07) is 2.47. The van der Waals surface area contributed by atoms with Crippen molar-refractivity contribution >= 4 is 15.9 Å². The second-order valence-corrected chi connectivity index (χ2v) is 5.27. The molecule has 1 aromatic carbocycles. The second-order valence-electron chi connectivity index (χ2n) is 4.41. The standard InChI is InChI=1S/C14H20BrF2NO/c1-19-8-7-18-6-4-2-3-5-11-9-14(17)12(15)10-13(11)16/h9-10,18H,2-8H2,1H3. The van der Waals surface area contributed by atoms with Crippen molar-refractivity contribution in [3.8, 4) is 0 Å². The van der Waals surface area contributed by atoms with Gasteiger partial charge >= 0.3 is 0 Å². The molecule has 0 aromatic heterocycles. The highest BCUT2D eigenvalue weighted by atomic mass is 79.9. The van der Waals surface area contributed by atoms with E-state index in [1.807, 2.05) is 0 Å². The van der Waals surface area contributed by atoms with Crippen LogP contribution in [0.15, 0.2) is 16.6 Å². The topological polar surface area (TPSA) is 21.3 Å². The van der Waals surface area contributed by atoms with Gasteiger partial charge in [0, 0.05) is 13.7 Å². The van der Waals surface area contributed by atoms with Gasteiger partial charge in [0.05, 0.1) is 11.1 Å². The number of rotatable bonds is 9. The summed E-state index contributed by atoms with van der Waals surface area (Å²) in [5, 5.41) is 3.25. The molecule has 5 heteroatoms. The molecular formula is C14H20BrF2NO. The minimum absolute atomic E-state index is 0.177. The van der Waals surface area contributed by atoms with E-state index in [-0.39, 0.29) is 10.3 Å². The molecule has 108 valence electrons. The number of halogens is 3. The fourth-order valence-corrected chi connectivity index (χ4v) is 2.11. The van der Waals surface area contributed by atoms with Crippen LogP contribution in [0.3, 0.4) is 0 Å². The van der Waals surface area contributed by atoms with E-state index in [0.29, 0.717) is 18.6 Å². The van der Waals surface area contributed by atoms with E-state index in [0.717, 1.165) is 32.4 Å². The summed E-state index contributed by atoms with van der Waals surface area (Å²) < 4.78 is 31.9. The molecule has 1 aromatic rings. The van der Waals surface area contributed by atoms with Crippen molar-refractivity contribution in [2.75, 3.05) is 26.8 Å². The Kier molecular flexibility index (Phi) is 8.18. The third kappa shape index (κ3) is 6.45. The summed E-state index contributed by atoms with van der Waals surface area (Å²) in [5.41, 5.74) is 0.452. The van der Waals surface area contributed by atoms with Crippen LogP contribution in [0.1, 0.15) is 24.8 Å². The molecule has 0 spiro atoms. The van der Waals surface area contributed by atoms with E-state index in [1.165, 1.54) is 12.1 Å². The highest BCUT2D eigenvalue weighted by Gasteiger charge is 2.07. The van der Waals surface area contributed by atoms with E-state index in [4.69, 9.17) is 4.74 Å². The van der Waals surface area contributed by atoms with Gasteiger partial charge in [-0.25, -0.2) is 8.78 Å². The van der Waals surface area contributed by atoms with Crippen LogP contribution in [0.2, 0.25) is 0 Å². The van der Waals surface area contributed by atoms with Crippen molar-refractivity contribution < 1.29 is 13.5 Å². The lowest BCUT2D eigenvalue weighted by molar-refractivity contribution is 0.199. The number of hydrogen-bond acceptors (Lipinski definition) is 2. The van der Waals surface area contributed by atoms with Crippen molar-refractivity contribution in [1.29, 1.82) is 0 Å². The number of benzene rings is 1. The van der Waals surface area contributed by atoms with E-state index in [2.05, 4.69) is 21.2 Å². The first-order chi connectivity index (χ1) is 9.15. The Hall–Kier alpha value is -0.520. The van der Waals surface area contributed by atoms with E-state index < -0.39 is 5.82 Å². The lowest BCUT2D eigenvalue weighted by atomic mass is 10.1. The Morgan fingerprint density at radius 1 is 1.11 bits per heavy atom. The van der Waals surface area contributed by atoms with Crippen LogP contribution in [0, 0.1) is 11.6 Å². The zero-order chi connectivity index (χ0) is 14.1. The number of nitrogens with one attached hydrogen (secondary N) is 1. The molecule has 0 aliphatic carbocycles. The van der Waals surface area contributed by atoms with Gasteiger partial charge in [-0.3, -0.25) is 0 Å². The first kappa shape index (κ1) is 16.5. The number of unbranched alkanes of at least 4 members (excludes halogenated alkanes) is 2. The average Bonchev–Trinajstić information content (AvgIpc) is 2.38. The molecule has 0 fully saturated rings. The van der Waals surface area contributed by atoms with Crippen LogP contribution >= 0.6 is 15.9 Å². The maximum absolute atomic E-state index is 13.5. The van der Waals surface area contributed by atoms with Gasteiger partial charge in [0.15, 0.2) is 0 Å². The van der Waals surface area contributed by atoms with Crippen LogP contribution in [0.5, 0.6) is 0 Å². The Morgan fingerprint density at radius 2 is 1.89 bits per heavy atom. The lowest BCUT2D eigenvalue weighted by Crippen LogP contribution is -2.20. The van der Waals surface area contributed by atoms with Gasteiger partial charge in [0.1, 0.15) is 11.6 Å². The minimum atomic E-state index is -0.405. The van der Waals surface area contributed by atoms with E-state index >= 15 is 0 Å². The highest BCUT2D eigenvalue weighted by molar-refractivity contribution is 9.10. The van der Waals surface area contributed by atoms with Crippen molar-refractivity contribution in [2.45, 2.75) is 25.7 Å². The zero-order valence-corrected chi connectivity index (χ0v) is 12.7. The molecule has 0 saturated carbocycles. The van der Waals surface area contributed by atoms with Gasteiger partial charge in [-0.15, -0.1) is 0 Å². The molecule has 0 amide bonds. The highest BCUT2D eigenvalue weighted by Crippen LogP contribution is 2.21. The largest absolute Gasteiger partial charge is 0.383 e. The average molecular weight is 336 g/mol. The smallest absolute Gasteiger partial charge is 0.137 e. The summed E-state index contributed by atoms with van der Waals surface area (Å²) in [7, 11) is 1.67. The molecule has 0 unspecified atom stereocenters. The quantitative estimate of drug-likeness (QED) is 0.549. The maximum Gasteiger partial charge on any atom is 0.137 e. The molecule has 0 radical (unpaired) electrons. The van der Waals surface area contributed by atoms with Crippen LogP contribution in [0.4, 0.5) is 8.78 Å². The predicted octanol–water partition coefficient (Wildman–Crippen LogP) is 3.68. The van der Waals surface area contributed by atoms with Crippen molar-refractivity contribution in [1.82, 2.24) is 5.32 Å². The van der Waals surface area contributed by atoms with Gasteiger partial charge < -0.3 is 10.1 Å². The van der Waals surface area contributed by atoms with Crippen LogP contribution in [0.25, 0.3) is 0 Å². The molecule has 0 bridgehead atoms. The third-order valence-corrected chi connectivity index (χ3v) is 3.48. The van der Waals surface area contributed by atoms with Gasteiger partial charge in [-0.05, 0) is 59.4 Å². The third-order valence-electron chi connectivity index (χ3n) is 2.87. The van der Waals surface area contributed by atoms with E-state index in [9.17, 15) is 8.78 Å². The SMILES string of the molecule is COCCNCCCCCc1cc(F)c(Br)cc1F. The fourth-order valence-electron chi connectivity index (χ4n) is 1.80.